The van der Waals surface area contributed by atoms with Crippen molar-refractivity contribution in [2.45, 2.75) is 31.9 Å². The number of benzene rings is 2. The molecule has 0 heterocycles. The van der Waals surface area contributed by atoms with Crippen LogP contribution in [0.25, 0.3) is 0 Å². The van der Waals surface area contributed by atoms with Crippen LogP contribution in [0, 0.1) is 0 Å². The maximum atomic E-state index is 6.38. The van der Waals surface area contributed by atoms with Crippen LogP contribution in [-0.4, -0.2) is 12.7 Å². The van der Waals surface area contributed by atoms with E-state index in [-0.39, 0.29) is 12.1 Å². The summed E-state index contributed by atoms with van der Waals surface area (Å²) in [5, 5.41) is 0. The van der Waals surface area contributed by atoms with Gasteiger partial charge in [-0.25, -0.2) is 0 Å². The molecule has 2 aromatic rings. The monoisotopic (exact) mass is 283 g/mol. The minimum Gasteiger partial charge on any atom is -0.494 e. The van der Waals surface area contributed by atoms with E-state index < -0.39 is 0 Å². The van der Waals surface area contributed by atoms with Gasteiger partial charge in [-0.1, -0.05) is 30.3 Å². The molecule has 110 valence electrons. The Bertz CT molecular complexity index is 612. The lowest BCUT2D eigenvalue weighted by molar-refractivity contribution is 0.153. The second kappa shape index (κ2) is 6.19. The Hall–Kier alpha value is -2.00. The molecule has 0 aromatic heterocycles. The molecule has 21 heavy (non-hydrogen) atoms. The zero-order valence-corrected chi connectivity index (χ0v) is 12.3. The van der Waals surface area contributed by atoms with Crippen molar-refractivity contribution in [3.63, 3.8) is 0 Å². The Kier molecular flexibility index (Phi) is 4.11. The van der Waals surface area contributed by atoms with Crippen LogP contribution in [-0.2, 0) is 6.42 Å². The van der Waals surface area contributed by atoms with E-state index in [0.717, 1.165) is 24.3 Å². The van der Waals surface area contributed by atoms with Crippen molar-refractivity contribution in [3.05, 3.63) is 59.7 Å². The van der Waals surface area contributed by atoms with Gasteiger partial charge >= 0.3 is 0 Å². The zero-order valence-electron chi connectivity index (χ0n) is 12.3. The molecule has 3 rings (SSSR count). The van der Waals surface area contributed by atoms with Crippen LogP contribution in [0.5, 0.6) is 11.5 Å². The van der Waals surface area contributed by atoms with Crippen molar-refractivity contribution >= 4 is 0 Å². The maximum absolute atomic E-state index is 6.38. The fourth-order valence-corrected chi connectivity index (χ4v) is 2.88. The summed E-state index contributed by atoms with van der Waals surface area (Å²) in [4.78, 5) is 0. The molecule has 1 aliphatic carbocycles. The second-order valence-electron chi connectivity index (χ2n) is 5.33. The van der Waals surface area contributed by atoms with E-state index in [0.29, 0.717) is 6.61 Å². The van der Waals surface area contributed by atoms with Crippen LogP contribution >= 0.6 is 0 Å². The largest absolute Gasteiger partial charge is 0.494 e. The number of aryl methyl sites for hydroxylation is 1. The van der Waals surface area contributed by atoms with Gasteiger partial charge in [-0.2, -0.15) is 0 Å². The molecule has 0 radical (unpaired) electrons. The average Bonchev–Trinajstić information content (AvgIpc) is 2.51. The molecule has 0 amide bonds. The minimum atomic E-state index is -0.0781. The highest BCUT2D eigenvalue weighted by Crippen LogP contribution is 2.31. The van der Waals surface area contributed by atoms with Crippen molar-refractivity contribution in [2.24, 2.45) is 5.73 Å². The third kappa shape index (κ3) is 3.03. The van der Waals surface area contributed by atoms with E-state index >= 15 is 0 Å². The molecule has 2 unspecified atom stereocenters. The highest BCUT2D eigenvalue weighted by Gasteiger charge is 2.27. The van der Waals surface area contributed by atoms with Gasteiger partial charge in [0.05, 0.1) is 12.6 Å². The van der Waals surface area contributed by atoms with Crippen LogP contribution in [0.2, 0.25) is 0 Å². The first-order valence-electron chi connectivity index (χ1n) is 7.51. The molecular weight excluding hydrogens is 262 g/mol. The van der Waals surface area contributed by atoms with E-state index in [1.807, 2.05) is 37.3 Å². The van der Waals surface area contributed by atoms with Crippen LogP contribution in [0.15, 0.2) is 48.5 Å². The smallest absolute Gasteiger partial charge is 0.123 e. The van der Waals surface area contributed by atoms with Crippen molar-refractivity contribution < 1.29 is 9.47 Å². The Morgan fingerprint density at radius 1 is 1.10 bits per heavy atom. The van der Waals surface area contributed by atoms with E-state index in [4.69, 9.17) is 15.2 Å². The molecule has 1 aliphatic rings. The SMILES string of the molecule is CCOc1cccc(OC2CCc3ccccc3C2N)c1. The molecular formula is C18H21NO2. The normalized spacial score (nSPS) is 20.7. The number of hydrogen-bond donors (Lipinski definition) is 1. The van der Waals surface area contributed by atoms with E-state index in [1.54, 1.807) is 0 Å². The van der Waals surface area contributed by atoms with Crippen LogP contribution in [0.4, 0.5) is 0 Å². The van der Waals surface area contributed by atoms with Gasteiger partial charge in [0.1, 0.15) is 17.6 Å². The second-order valence-corrected chi connectivity index (χ2v) is 5.33. The first-order valence-corrected chi connectivity index (χ1v) is 7.51. The summed E-state index contributed by atoms with van der Waals surface area (Å²) >= 11 is 0. The molecule has 2 N–H and O–H groups in total. The standard InChI is InChI=1S/C18H21NO2/c1-2-20-14-7-5-8-15(12-14)21-17-11-10-13-6-3-4-9-16(13)18(17)19/h3-9,12,17-18H,2,10-11,19H2,1H3. The van der Waals surface area contributed by atoms with Gasteiger partial charge in [0, 0.05) is 6.07 Å². The van der Waals surface area contributed by atoms with Gasteiger partial charge in [0.25, 0.3) is 0 Å². The molecule has 3 nitrogen and oxygen atoms in total. The average molecular weight is 283 g/mol. The van der Waals surface area contributed by atoms with E-state index in [9.17, 15) is 0 Å². The molecule has 0 bridgehead atoms. The fraction of sp³-hybridized carbons (Fsp3) is 0.333. The van der Waals surface area contributed by atoms with Crippen molar-refractivity contribution in [2.75, 3.05) is 6.61 Å². The summed E-state index contributed by atoms with van der Waals surface area (Å²) in [6, 6.07) is 16.1. The van der Waals surface area contributed by atoms with E-state index in [2.05, 4.69) is 18.2 Å². The maximum Gasteiger partial charge on any atom is 0.123 e. The number of ether oxygens (including phenoxy) is 2. The molecule has 0 saturated heterocycles. The Labute approximate surface area is 125 Å². The van der Waals surface area contributed by atoms with Crippen LogP contribution < -0.4 is 15.2 Å². The Balaban J connectivity index is 1.75. The summed E-state index contributed by atoms with van der Waals surface area (Å²) in [5.74, 6) is 1.65. The van der Waals surface area contributed by atoms with E-state index in [1.165, 1.54) is 11.1 Å². The molecule has 0 spiro atoms. The lowest BCUT2D eigenvalue weighted by atomic mass is 9.86. The van der Waals surface area contributed by atoms with Crippen molar-refractivity contribution in [3.8, 4) is 11.5 Å². The topological polar surface area (TPSA) is 44.5 Å². The number of hydrogen-bond acceptors (Lipinski definition) is 3. The van der Waals surface area contributed by atoms with Gasteiger partial charge in [0.2, 0.25) is 0 Å². The van der Waals surface area contributed by atoms with Gasteiger partial charge in [0.15, 0.2) is 0 Å². The quantitative estimate of drug-likeness (QED) is 0.934. The third-order valence-corrected chi connectivity index (χ3v) is 3.92. The highest BCUT2D eigenvalue weighted by molar-refractivity contribution is 5.36. The van der Waals surface area contributed by atoms with Gasteiger partial charge in [-0.3, -0.25) is 0 Å². The first-order chi connectivity index (χ1) is 10.3. The fourth-order valence-electron chi connectivity index (χ4n) is 2.88. The van der Waals surface area contributed by atoms with Crippen molar-refractivity contribution in [1.29, 1.82) is 0 Å². The summed E-state index contributed by atoms with van der Waals surface area (Å²) in [6.45, 7) is 2.63. The predicted octanol–water partition coefficient (Wildman–Crippen LogP) is 3.48. The number of rotatable bonds is 4. The lowest BCUT2D eigenvalue weighted by Crippen LogP contribution is -2.35. The minimum absolute atomic E-state index is 0.0109. The predicted molar refractivity (Wildman–Crippen MR) is 83.7 cm³/mol. The number of nitrogens with two attached hydrogens (primary N) is 1. The third-order valence-electron chi connectivity index (χ3n) is 3.92. The van der Waals surface area contributed by atoms with Crippen LogP contribution in [0.3, 0.4) is 0 Å². The first kappa shape index (κ1) is 14.0. The molecule has 3 heteroatoms. The summed E-state index contributed by atoms with van der Waals surface area (Å²) < 4.78 is 11.6. The van der Waals surface area contributed by atoms with Gasteiger partial charge in [-0.05, 0) is 43.0 Å². The molecule has 2 atom stereocenters. The van der Waals surface area contributed by atoms with Crippen LogP contribution in [0.1, 0.15) is 30.5 Å². The summed E-state index contributed by atoms with van der Waals surface area (Å²) in [6.07, 6.45) is 1.97. The molecule has 2 aromatic carbocycles. The Morgan fingerprint density at radius 3 is 2.76 bits per heavy atom. The highest BCUT2D eigenvalue weighted by atomic mass is 16.5. The summed E-state index contributed by atoms with van der Waals surface area (Å²) in [7, 11) is 0. The summed E-state index contributed by atoms with van der Waals surface area (Å²) in [5.41, 5.74) is 8.92. The Morgan fingerprint density at radius 2 is 1.90 bits per heavy atom. The lowest BCUT2D eigenvalue weighted by Gasteiger charge is -2.31. The van der Waals surface area contributed by atoms with Crippen molar-refractivity contribution in [1.82, 2.24) is 0 Å². The number of fused-ring (bicyclic) bond motifs is 1. The van der Waals surface area contributed by atoms with Gasteiger partial charge < -0.3 is 15.2 Å². The molecule has 0 aliphatic heterocycles. The van der Waals surface area contributed by atoms with Gasteiger partial charge in [-0.15, -0.1) is 0 Å². The molecule has 0 fully saturated rings. The zero-order chi connectivity index (χ0) is 14.7. The molecule has 0 saturated carbocycles.